The maximum Gasteiger partial charge on any atom is 0.308 e. The van der Waals surface area contributed by atoms with Gasteiger partial charge in [0, 0.05) is 44.6 Å². The van der Waals surface area contributed by atoms with Gasteiger partial charge in [-0.1, -0.05) is 13.3 Å². The molecule has 3 atom stereocenters. The van der Waals surface area contributed by atoms with E-state index in [1.165, 1.54) is 13.4 Å². The molecule has 2 aromatic rings. The number of aromatic nitrogens is 1. The van der Waals surface area contributed by atoms with E-state index in [-0.39, 0.29) is 25.9 Å². The van der Waals surface area contributed by atoms with E-state index in [1.807, 2.05) is 11.0 Å². The normalized spacial score (nSPS) is 20.6. The number of aliphatic hydroxyl groups excluding tert-OH is 1. The van der Waals surface area contributed by atoms with Gasteiger partial charge >= 0.3 is 5.97 Å². The Labute approximate surface area is 222 Å². The lowest BCUT2D eigenvalue weighted by Gasteiger charge is -2.29. The first kappa shape index (κ1) is 27.7. The van der Waals surface area contributed by atoms with E-state index in [1.54, 1.807) is 17.2 Å². The number of hydrogen-bond acceptors (Lipinski definition) is 9. The number of likely N-dealkylation sites (tertiary alicyclic amines) is 1. The first-order chi connectivity index (χ1) is 18.5. The Kier molecular flexibility index (Phi) is 9.46. The fourth-order valence-electron chi connectivity index (χ4n) is 5.45. The highest BCUT2D eigenvalue weighted by Gasteiger charge is 2.47. The van der Waals surface area contributed by atoms with Crippen LogP contribution >= 0.6 is 0 Å². The number of aryl methyl sites for hydroxylation is 1. The zero-order valence-electron chi connectivity index (χ0n) is 22.0. The maximum atomic E-state index is 13.4. The van der Waals surface area contributed by atoms with Crippen molar-refractivity contribution in [1.82, 2.24) is 14.8 Å². The highest BCUT2D eigenvalue weighted by atomic mass is 16.7. The van der Waals surface area contributed by atoms with Crippen LogP contribution in [0.2, 0.25) is 0 Å². The first-order valence-corrected chi connectivity index (χ1v) is 13.2. The Balaban J connectivity index is 1.62. The van der Waals surface area contributed by atoms with Gasteiger partial charge in [-0.25, -0.2) is 4.98 Å². The Hall–Kier alpha value is -3.31. The van der Waals surface area contributed by atoms with Gasteiger partial charge in [-0.05, 0) is 37.0 Å². The van der Waals surface area contributed by atoms with Gasteiger partial charge in [-0.3, -0.25) is 14.5 Å². The summed E-state index contributed by atoms with van der Waals surface area (Å²) < 4.78 is 22.0. The summed E-state index contributed by atoms with van der Waals surface area (Å²) in [7, 11) is 1.53. The van der Waals surface area contributed by atoms with E-state index in [4.69, 9.17) is 18.6 Å². The fourth-order valence-corrected chi connectivity index (χ4v) is 5.45. The standard InChI is InChI=1S/C27H37N3O8/c1-3-4-9-29(10-5-11-31)24(32)16-30-15-19(18-13-21(35-2)26-22(14-18)37-17-38-26)25(27(33)34)20(30)6-7-23-28-8-12-36-23/h8,12-14,19-20,25,31H,3-7,9-11,15-17H2,1-2H3,(H,33,34). The van der Waals surface area contributed by atoms with E-state index < -0.39 is 23.8 Å². The summed E-state index contributed by atoms with van der Waals surface area (Å²) in [6.45, 7) is 3.69. The lowest BCUT2D eigenvalue weighted by atomic mass is 9.83. The van der Waals surface area contributed by atoms with Crippen molar-refractivity contribution in [2.45, 2.75) is 51.0 Å². The summed E-state index contributed by atoms with van der Waals surface area (Å²) in [5.41, 5.74) is 0.762. The molecule has 38 heavy (non-hydrogen) atoms. The number of rotatable bonds is 14. The molecule has 1 aromatic heterocycles. The predicted molar refractivity (Wildman–Crippen MR) is 136 cm³/mol. The number of methoxy groups -OCH3 is 1. The monoisotopic (exact) mass is 531 g/mol. The summed E-state index contributed by atoms with van der Waals surface area (Å²) in [5, 5.41) is 19.7. The van der Waals surface area contributed by atoms with Crippen LogP contribution in [0.3, 0.4) is 0 Å². The van der Waals surface area contributed by atoms with E-state index in [0.29, 0.717) is 62.0 Å². The molecule has 0 spiro atoms. The third-order valence-corrected chi connectivity index (χ3v) is 7.34. The molecule has 11 heteroatoms. The third-order valence-electron chi connectivity index (χ3n) is 7.34. The second-order valence-electron chi connectivity index (χ2n) is 9.70. The zero-order chi connectivity index (χ0) is 27.1. The molecule has 2 N–H and O–H groups in total. The molecule has 4 rings (SSSR count). The SMILES string of the molecule is CCCCN(CCCO)C(=O)CN1CC(c2cc(OC)c3c(c2)OCO3)C(C(=O)O)C1CCc1ncco1. The molecule has 3 heterocycles. The summed E-state index contributed by atoms with van der Waals surface area (Å²) in [5.74, 6) is -0.138. The molecule has 2 aliphatic rings. The number of carboxylic acids is 1. The van der Waals surface area contributed by atoms with Crippen molar-refractivity contribution in [3.63, 3.8) is 0 Å². The van der Waals surface area contributed by atoms with Crippen LogP contribution in [0.25, 0.3) is 0 Å². The van der Waals surface area contributed by atoms with Crippen LogP contribution < -0.4 is 14.2 Å². The van der Waals surface area contributed by atoms with Crippen molar-refractivity contribution in [2.24, 2.45) is 5.92 Å². The number of fused-ring (bicyclic) bond motifs is 1. The average molecular weight is 532 g/mol. The second-order valence-corrected chi connectivity index (χ2v) is 9.70. The molecule has 3 unspecified atom stereocenters. The van der Waals surface area contributed by atoms with Crippen molar-refractivity contribution >= 4 is 11.9 Å². The highest BCUT2D eigenvalue weighted by Crippen LogP contribution is 2.47. The number of ether oxygens (including phenoxy) is 3. The van der Waals surface area contributed by atoms with Gasteiger partial charge in [0.1, 0.15) is 6.26 Å². The molecule has 0 saturated carbocycles. The van der Waals surface area contributed by atoms with Crippen LogP contribution in [0, 0.1) is 5.92 Å². The van der Waals surface area contributed by atoms with E-state index in [9.17, 15) is 19.8 Å². The van der Waals surface area contributed by atoms with Gasteiger partial charge in [0.05, 0.1) is 25.8 Å². The molecular weight excluding hydrogens is 494 g/mol. The minimum Gasteiger partial charge on any atom is -0.493 e. The molecule has 11 nitrogen and oxygen atoms in total. The first-order valence-electron chi connectivity index (χ1n) is 13.2. The van der Waals surface area contributed by atoms with Crippen molar-refractivity contribution in [2.75, 3.05) is 46.7 Å². The second kappa shape index (κ2) is 13.0. The van der Waals surface area contributed by atoms with Crippen LogP contribution in [0.1, 0.15) is 50.0 Å². The average Bonchev–Trinajstić information content (AvgIpc) is 3.67. The Bertz CT molecular complexity index is 1070. The Morgan fingerprint density at radius 2 is 2.05 bits per heavy atom. The van der Waals surface area contributed by atoms with Gasteiger partial charge in [0.15, 0.2) is 17.4 Å². The fraction of sp³-hybridized carbons (Fsp3) is 0.593. The molecule has 1 aromatic carbocycles. The number of aliphatic hydroxyl groups is 1. The topological polar surface area (TPSA) is 135 Å². The number of aliphatic carboxylic acids is 1. The molecule has 1 amide bonds. The number of carbonyl (C=O) groups is 2. The lowest BCUT2D eigenvalue weighted by Crippen LogP contribution is -2.45. The van der Waals surface area contributed by atoms with Crippen molar-refractivity contribution in [3.05, 3.63) is 36.0 Å². The molecule has 1 fully saturated rings. The predicted octanol–water partition coefficient (Wildman–Crippen LogP) is 2.52. The molecular formula is C27H37N3O8. The molecule has 2 aliphatic heterocycles. The number of carboxylic acid groups (broad SMARTS) is 1. The Morgan fingerprint density at radius 3 is 2.74 bits per heavy atom. The molecule has 0 radical (unpaired) electrons. The summed E-state index contributed by atoms with van der Waals surface area (Å²) in [4.78, 5) is 34.1. The number of oxazole rings is 1. The van der Waals surface area contributed by atoms with Crippen LogP contribution in [0.5, 0.6) is 17.2 Å². The number of unbranched alkanes of at least 4 members (excludes halogenated alkanes) is 1. The van der Waals surface area contributed by atoms with Crippen LogP contribution in [0.4, 0.5) is 0 Å². The maximum absolute atomic E-state index is 13.4. The minimum atomic E-state index is -0.929. The Morgan fingerprint density at radius 1 is 1.24 bits per heavy atom. The van der Waals surface area contributed by atoms with E-state index in [2.05, 4.69) is 11.9 Å². The summed E-state index contributed by atoms with van der Waals surface area (Å²) >= 11 is 0. The van der Waals surface area contributed by atoms with E-state index >= 15 is 0 Å². The van der Waals surface area contributed by atoms with Gasteiger partial charge in [-0.15, -0.1) is 0 Å². The molecule has 0 bridgehead atoms. The quantitative estimate of drug-likeness (QED) is 0.374. The van der Waals surface area contributed by atoms with Gasteiger partial charge in [-0.2, -0.15) is 0 Å². The summed E-state index contributed by atoms with van der Waals surface area (Å²) in [6, 6.07) is 3.20. The summed E-state index contributed by atoms with van der Waals surface area (Å²) in [6.07, 6.45) is 6.29. The van der Waals surface area contributed by atoms with Crippen LogP contribution in [0.15, 0.2) is 29.0 Å². The van der Waals surface area contributed by atoms with Crippen molar-refractivity contribution in [1.29, 1.82) is 0 Å². The van der Waals surface area contributed by atoms with Gasteiger partial charge in [0.25, 0.3) is 0 Å². The number of carbonyl (C=O) groups excluding carboxylic acids is 1. The van der Waals surface area contributed by atoms with Gasteiger partial charge in [0.2, 0.25) is 18.4 Å². The number of hydrogen-bond donors (Lipinski definition) is 2. The van der Waals surface area contributed by atoms with Crippen molar-refractivity contribution in [3.8, 4) is 17.2 Å². The van der Waals surface area contributed by atoms with Crippen LogP contribution in [-0.2, 0) is 16.0 Å². The largest absolute Gasteiger partial charge is 0.493 e. The highest BCUT2D eigenvalue weighted by molar-refractivity contribution is 5.79. The molecule has 1 saturated heterocycles. The van der Waals surface area contributed by atoms with Crippen LogP contribution in [-0.4, -0.2) is 89.6 Å². The number of nitrogens with zero attached hydrogens (tertiary/aromatic N) is 3. The van der Waals surface area contributed by atoms with Gasteiger partial charge < -0.3 is 33.7 Å². The van der Waals surface area contributed by atoms with E-state index in [0.717, 1.165) is 18.4 Å². The molecule has 0 aliphatic carbocycles. The molecule has 208 valence electrons. The number of benzene rings is 1. The van der Waals surface area contributed by atoms with Crippen molar-refractivity contribution < 1.29 is 38.4 Å². The zero-order valence-corrected chi connectivity index (χ0v) is 22.0. The number of amides is 1. The lowest BCUT2D eigenvalue weighted by molar-refractivity contribution is -0.144. The third kappa shape index (κ3) is 6.21. The minimum absolute atomic E-state index is 0.00744. The smallest absolute Gasteiger partial charge is 0.308 e.